The molecule has 3 nitrogen and oxygen atoms in total. The molecule has 0 bridgehead atoms. The van der Waals surface area contributed by atoms with Crippen molar-refractivity contribution in [3.05, 3.63) is 65.4 Å². The molecule has 23 heavy (non-hydrogen) atoms. The van der Waals surface area contributed by atoms with E-state index in [1.165, 1.54) is 31.4 Å². The summed E-state index contributed by atoms with van der Waals surface area (Å²) in [5.41, 5.74) is 1.62. The molecule has 1 saturated carbocycles. The SMILES string of the molecule is O/C(=C\c1ccc(OCc2ccc(F)cc2)cn1)CC1CCC1. The lowest BCUT2D eigenvalue weighted by Crippen LogP contribution is -2.11. The van der Waals surface area contributed by atoms with Gasteiger partial charge in [-0.1, -0.05) is 31.4 Å². The Morgan fingerprint density at radius 2 is 2.00 bits per heavy atom. The number of ether oxygens (including phenoxy) is 1. The van der Waals surface area contributed by atoms with Crippen LogP contribution in [0.2, 0.25) is 0 Å². The standard InChI is InChI=1S/C19H20FNO2/c20-16-6-4-15(5-7-16)13-23-19-9-8-17(21-12-19)11-18(22)10-14-2-1-3-14/h4-9,11-12,14,22H,1-3,10,13H2/b18-11-. The molecular weight excluding hydrogens is 293 g/mol. The van der Waals surface area contributed by atoms with Crippen molar-refractivity contribution in [1.82, 2.24) is 4.98 Å². The summed E-state index contributed by atoms with van der Waals surface area (Å²) in [4.78, 5) is 4.27. The number of halogens is 1. The summed E-state index contributed by atoms with van der Waals surface area (Å²) >= 11 is 0. The molecule has 0 radical (unpaired) electrons. The van der Waals surface area contributed by atoms with Crippen LogP contribution in [0.25, 0.3) is 6.08 Å². The van der Waals surface area contributed by atoms with Crippen LogP contribution in [-0.4, -0.2) is 10.1 Å². The highest BCUT2D eigenvalue weighted by Gasteiger charge is 2.18. The second-order valence-electron chi connectivity index (χ2n) is 5.97. The molecule has 1 aromatic heterocycles. The lowest BCUT2D eigenvalue weighted by Gasteiger charge is -2.24. The molecule has 4 heteroatoms. The third-order valence-corrected chi connectivity index (χ3v) is 4.12. The van der Waals surface area contributed by atoms with Crippen molar-refractivity contribution in [2.24, 2.45) is 5.92 Å². The van der Waals surface area contributed by atoms with Crippen LogP contribution in [0.5, 0.6) is 5.75 Å². The molecule has 1 fully saturated rings. The Hall–Kier alpha value is -2.36. The fourth-order valence-electron chi connectivity index (χ4n) is 2.53. The van der Waals surface area contributed by atoms with E-state index in [4.69, 9.17) is 4.74 Å². The summed E-state index contributed by atoms with van der Waals surface area (Å²) in [6.45, 7) is 0.365. The Bertz CT molecular complexity index is 661. The third kappa shape index (κ3) is 4.55. The van der Waals surface area contributed by atoms with E-state index in [-0.39, 0.29) is 5.82 Å². The van der Waals surface area contributed by atoms with Crippen molar-refractivity contribution >= 4 is 6.08 Å². The minimum atomic E-state index is -0.256. The molecular formula is C19H20FNO2. The number of aliphatic hydroxyl groups excluding tert-OH is 1. The number of aliphatic hydroxyl groups is 1. The van der Waals surface area contributed by atoms with Crippen molar-refractivity contribution in [2.75, 3.05) is 0 Å². The number of allylic oxidation sites excluding steroid dienone is 1. The van der Waals surface area contributed by atoms with E-state index in [2.05, 4.69) is 4.98 Å². The molecule has 0 atom stereocenters. The maximum absolute atomic E-state index is 12.8. The lowest BCUT2D eigenvalue weighted by atomic mass is 9.82. The highest BCUT2D eigenvalue weighted by atomic mass is 19.1. The van der Waals surface area contributed by atoms with E-state index in [0.717, 1.165) is 17.7 Å². The Balaban J connectivity index is 1.53. The molecule has 1 heterocycles. The smallest absolute Gasteiger partial charge is 0.138 e. The molecule has 2 aromatic rings. The highest BCUT2D eigenvalue weighted by molar-refractivity contribution is 5.47. The minimum absolute atomic E-state index is 0.256. The normalized spacial score (nSPS) is 15.3. The van der Waals surface area contributed by atoms with Crippen LogP contribution in [-0.2, 0) is 6.61 Å². The monoisotopic (exact) mass is 313 g/mol. The molecule has 3 rings (SSSR count). The summed E-state index contributed by atoms with van der Waals surface area (Å²) in [6.07, 6.45) is 7.78. The van der Waals surface area contributed by atoms with E-state index < -0.39 is 0 Å². The van der Waals surface area contributed by atoms with Crippen molar-refractivity contribution in [1.29, 1.82) is 0 Å². The summed E-state index contributed by atoms with van der Waals surface area (Å²) in [6, 6.07) is 9.85. The van der Waals surface area contributed by atoms with E-state index >= 15 is 0 Å². The number of pyridine rings is 1. The summed E-state index contributed by atoms with van der Waals surface area (Å²) in [7, 11) is 0. The Morgan fingerprint density at radius 1 is 1.22 bits per heavy atom. The quantitative estimate of drug-likeness (QED) is 0.772. The van der Waals surface area contributed by atoms with Gasteiger partial charge in [0.2, 0.25) is 0 Å². The maximum Gasteiger partial charge on any atom is 0.138 e. The molecule has 0 saturated heterocycles. The van der Waals surface area contributed by atoms with Crippen molar-refractivity contribution in [3.8, 4) is 5.75 Å². The first-order valence-electron chi connectivity index (χ1n) is 7.92. The summed E-state index contributed by atoms with van der Waals surface area (Å²) in [5, 5.41) is 9.94. The number of aromatic nitrogens is 1. The first-order valence-corrected chi connectivity index (χ1v) is 7.92. The Labute approximate surface area is 135 Å². The molecule has 0 unspecified atom stereocenters. The van der Waals surface area contributed by atoms with Crippen molar-refractivity contribution in [3.63, 3.8) is 0 Å². The topological polar surface area (TPSA) is 42.4 Å². The van der Waals surface area contributed by atoms with Crippen LogP contribution < -0.4 is 4.74 Å². The first-order chi connectivity index (χ1) is 11.2. The molecule has 1 aliphatic carbocycles. The number of nitrogens with zero attached hydrogens (tertiary/aromatic N) is 1. The first kappa shape index (κ1) is 15.5. The van der Waals surface area contributed by atoms with Crippen LogP contribution in [0.15, 0.2) is 48.4 Å². The van der Waals surface area contributed by atoms with Crippen molar-refractivity contribution in [2.45, 2.75) is 32.3 Å². The fourth-order valence-corrected chi connectivity index (χ4v) is 2.53. The van der Waals surface area contributed by atoms with Gasteiger partial charge in [0, 0.05) is 12.5 Å². The van der Waals surface area contributed by atoms with E-state index in [1.54, 1.807) is 24.4 Å². The summed E-state index contributed by atoms with van der Waals surface area (Å²) < 4.78 is 18.4. The van der Waals surface area contributed by atoms with E-state index in [1.807, 2.05) is 12.1 Å². The number of hydrogen-bond donors (Lipinski definition) is 1. The van der Waals surface area contributed by atoms with Crippen molar-refractivity contribution < 1.29 is 14.2 Å². The van der Waals surface area contributed by atoms with Gasteiger partial charge in [-0.15, -0.1) is 0 Å². The van der Waals surface area contributed by atoms with Gasteiger partial charge in [-0.05, 0) is 35.7 Å². The van der Waals surface area contributed by atoms with Gasteiger partial charge < -0.3 is 9.84 Å². The number of rotatable bonds is 6. The summed E-state index contributed by atoms with van der Waals surface area (Å²) in [5.74, 6) is 1.41. The van der Waals surface area contributed by atoms with Gasteiger partial charge in [0.05, 0.1) is 17.6 Å². The molecule has 1 aliphatic rings. The zero-order valence-electron chi connectivity index (χ0n) is 12.9. The second kappa shape index (κ2) is 7.27. The highest BCUT2D eigenvalue weighted by Crippen LogP contribution is 2.31. The van der Waals surface area contributed by atoms with E-state index in [0.29, 0.717) is 24.0 Å². The fraction of sp³-hybridized carbons (Fsp3) is 0.316. The zero-order chi connectivity index (χ0) is 16.1. The van der Waals surface area contributed by atoms with Crippen LogP contribution in [0, 0.1) is 11.7 Å². The number of hydrogen-bond acceptors (Lipinski definition) is 3. The van der Waals surface area contributed by atoms with Gasteiger partial charge in [-0.3, -0.25) is 4.98 Å². The van der Waals surface area contributed by atoms with Gasteiger partial charge in [-0.2, -0.15) is 0 Å². The largest absolute Gasteiger partial charge is 0.512 e. The van der Waals surface area contributed by atoms with Gasteiger partial charge >= 0.3 is 0 Å². The predicted molar refractivity (Wildman–Crippen MR) is 87.5 cm³/mol. The van der Waals surface area contributed by atoms with Crippen LogP contribution in [0.3, 0.4) is 0 Å². The molecule has 0 amide bonds. The molecule has 0 aliphatic heterocycles. The molecule has 1 N–H and O–H groups in total. The average molecular weight is 313 g/mol. The maximum atomic E-state index is 12.8. The Kier molecular flexibility index (Phi) is 4.91. The second-order valence-corrected chi connectivity index (χ2v) is 5.97. The van der Waals surface area contributed by atoms with E-state index in [9.17, 15) is 9.50 Å². The predicted octanol–water partition coefficient (Wildman–Crippen LogP) is 4.89. The number of benzene rings is 1. The van der Waals surface area contributed by atoms with Crippen LogP contribution in [0.1, 0.15) is 36.9 Å². The van der Waals surface area contributed by atoms with Gasteiger partial charge in [0.1, 0.15) is 18.2 Å². The Morgan fingerprint density at radius 3 is 2.61 bits per heavy atom. The van der Waals surface area contributed by atoms with Crippen LogP contribution >= 0.6 is 0 Å². The molecule has 1 aromatic carbocycles. The minimum Gasteiger partial charge on any atom is -0.512 e. The zero-order valence-corrected chi connectivity index (χ0v) is 12.9. The van der Waals surface area contributed by atoms with Gasteiger partial charge in [0.25, 0.3) is 0 Å². The molecule has 0 spiro atoms. The van der Waals surface area contributed by atoms with Crippen LogP contribution in [0.4, 0.5) is 4.39 Å². The van der Waals surface area contributed by atoms with Gasteiger partial charge in [-0.25, -0.2) is 4.39 Å². The average Bonchev–Trinajstić information content (AvgIpc) is 2.52. The lowest BCUT2D eigenvalue weighted by molar-refractivity contribution is 0.267. The van der Waals surface area contributed by atoms with Gasteiger partial charge in [0.15, 0.2) is 0 Å². The molecule has 120 valence electrons. The third-order valence-electron chi connectivity index (χ3n) is 4.12.